The summed E-state index contributed by atoms with van der Waals surface area (Å²) in [6.45, 7) is -0.181. The van der Waals surface area contributed by atoms with Crippen molar-refractivity contribution in [3.05, 3.63) is 29.8 Å². The maximum absolute atomic E-state index is 11.6. The number of benzene rings is 1. The number of rotatable bonds is 9. The number of aliphatic hydroxyl groups excluding tert-OH is 8. The number of aliphatic hydroxyl groups is 8. The van der Waals surface area contributed by atoms with Crippen molar-refractivity contribution in [2.24, 2.45) is 11.5 Å². The number of hydrogen-bond acceptors (Lipinski definition) is 16. The molecular weight excluding hydrogens is 550 g/mol. The minimum atomic E-state index is -1.57. The van der Waals surface area contributed by atoms with E-state index in [4.69, 9.17) is 35.2 Å². The van der Waals surface area contributed by atoms with E-state index in [-0.39, 0.29) is 0 Å². The molecule has 0 saturated carbocycles. The van der Waals surface area contributed by atoms with Gasteiger partial charge < -0.3 is 81.3 Å². The van der Waals surface area contributed by atoms with Crippen molar-refractivity contribution in [1.29, 1.82) is 0 Å². The Balaban J connectivity index is 1.62. The van der Waals surface area contributed by atoms with Gasteiger partial charge in [-0.05, 0) is 18.6 Å². The van der Waals surface area contributed by atoms with Crippen molar-refractivity contribution < 1.29 is 64.5 Å². The van der Waals surface area contributed by atoms with Crippen molar-refractivity contribution in [2.45, 2.75) is 98.9 Å². The molecule has 3 aliphatic heterocycles. The van der Waals surface area contributed by atoms with Crippen LogP contribution in [-0.2, 0) is 23.7 Å². The van der Waals surface area contributed by atoms with Gasteiger partial charge in [-0.15, -0.1) is 0 Å². The van der Waals surface area contributed by atoms with E-state index in [9.17, 15) is 40.9 Å². The van der Waals surface area contributed by atoms with Gasteiger partial charge in [0, 0.05) is 5.69 Å². The smallest absolute Gasteiger partial charge is 0.181 e. The number of nitrogens with one attached hydrogen (secondary N) is 1. The Kier molecular flexibility index (Phi) is 10.9. The number of ether oxygens (including phenoxy) is 5. The van der Waals surface area contributed by atoms with E-state index >= 15 is 0 Å². The molecule has 1 aromatic rings. The van der Waals surface area contributed by atoms with E-state index in [1.165, 1.54) is 0 Å². The summed E-state index contributed by atoms with van der Waals surface area (Å²) in [7, 11) is 0. The average Bonchev–Trinajstić information content (AvgIpc) is 2.96. The summed E-state index contributed by atoms with van der Waals surface area (Å²) >= 11 is 0. The van der Waals surface area contributed by atoms with Crippen LogP contribution in [0.25, 0.3) is 0 Å². The molecule has 0 spiro atoms. The van der Waals surface area contributed by atoms with Crippen LogP contribution in [0.3, 0.4) is 0 Å². The molecule has 0 amide bonds. The summed E-state index contributed by atoms with van der Waals surface area (Å²) < 4.78 is 28.8. The zero-order chi connectivity index (χ0) is 30.0. The molecule has 13 N–H and O–H groups in total. The van der Waals surface area contributed by atoms with Gasteiger partial charge in [-0.2, -0.15) is 0 Å². The van der Waals surface area contributed by atoms with E-state index < -0.39 is 112 Å². The molecule has 3 heterocycles. The monoisotopic (exact) mass is 591 g/mol. The Bertz CT molecular complexity index is 976. The maximum Gasteiger partial charge on any atom is 0.181 e. The Morgan fingerprint density at radius 3 is 1.90 bits per heavy atom. The standard InChI is InChI=1S/C25H41N3O13/c1-9-4-2-3-5-10(9)28-16-20(35)22(40-24-15(27)18(33)17(32)11(6-29)38-24)13(8-31)39-25(16)41-21-12(7-30)37-23(36)14(26)19(21)34/h2-5,11-25,28-36H,6-8,26-27H2,1H3/t11-,12-,13-,14?,15-,16?,17-,18-,19?,20-,21?,22?,23?,24+,25+/m1/s1. The van der Waals surface area contributed by atoms with Crippen molar-refractivity contribution >= 4 is 5.69 Å². The van der Waals surface area contributed by atoms with Crippen LogP contribution in [0, 0.1) is 6.92 Å². The highest BCUT2D eigenvalue weighted by Crippen LogP contribution is 2.33. The lowest BCUT2D eigenvalue weighted by Crippen LogP contribution is -2.69. The Hall–Kier alpha value is -1.58. The molecule has 0 radical (unpaired) electrons. The van der Waals surface area contributed by atoms with Crippen LogP contribution >= 0.6 is 0 Å². The molecule has 16 nitrogen and oxygen atoms in total. The van der Waals surface area contributed by atoms with Gasteiger partial charge in [0.25, 0.3) is 0 Å². The topological polar surface area (TPSA) is 272 Å². The third-order valence-corrected chi connectivity index (χ3v) is 7.75. The van der Waals surface area contributed by atoms with Crippen LogP contribution in [0.2, 0.25) is 0 Å². The molecular formula is C25H41N3O13. The summed E-state index contributed by atoms with van der Waals surface area (Å²) in [5, 5.41) is 85.5. The molecule has 15 atom stereocenters. The van der Waals surface area contributed by atoms with Gasteiger partial charge >= 0.3 is 0 Å². The van der Waals surface area contributed by atoms with Crippen molar-refractivity contribution in [2.75, 3.05) is 25.1 Å². The lowest BCUT2D eigenvalue weighted by Gasteiger charge is -2.49. The first kappa shape index (κ1) is 32.3. The highest BCUT2D eigenvalue weighted by molar-refractivity contribution is 5.51. The van der Waals surface area contributed by atoms with Crippen LogP contribution in [-0.4, -0.2) is 153 Å². The fraction of sp³-hybridized carbons (Fsp3) is 0.760. The van der Waals surface area contributed by atoms with Crippen LogP contribution < -0.4 is 16.8 Å². The summed E-state index contributed by atoms with van der Waals surface area (Å²) in [6, 6.07) is 3.39. The van der Waals surface area contributed by atoms with Gasteiger partial charge in [-0.1, -0.05) is 18.2 Å². The number of nitrogens with two attached hydrogens (primary N) is 2. The highest BCUT2D eigenvalue weighted by atomic mass is 16.7. The molecule has 41 heavy (non-hydrogen) atoms. The molecule has 0 bridgehead atoms. The molecule has 3 aliphatic rings. The third-order valence-electron chi connectivity index (χ3n) is 7.75. The van der Waals surface area contributed by atoms with Gasteiger partial charge in [0.05, 0.1) is 31.9 Å². The first-order valence-electron chi connectivity index (χ1n) is 13.4. The summed E-state index contributed by atoms with van der Waals surface area (Å²) in [4.78, 5) is 0. The van der Waals surface area contributed by atoms with E-state index in [2.05, 4.69) is 5.32 Å². The van der Waals surface area contributed by atoms with Gasteiger partial charge in [-0.3, -0.25) is 0 Å². The second kappa shape index (κ2) is 13.8. The maximum atomic E-state index is 11.6. The first-order chi connectivity index (χ1) is 19.5. The highest BCUT2D eigenvalue weighted by Gasteiger charge is 2.53. The largest absolute Gasteiger partial charge is 0.394 e. The number of para-hydroxylation sites is 1. The molecule has 0 aliphatic carbocycles. The molecule has 3 saturated heterocycles. The number of aryl methyl sites for hydroxylation is 1. The lowest BCUT2D eigenvalue weighted by molar-refractivity contribution is -0.346. The van der Waals surface area contributed by atoms with E-state index in [0.717, 1.165) is 5.56 Å². The number of anilines is 1. The Labute approximate surface area is 235 Å². The molecule has 3 fully saturated rings. The number of hydrogen-bond donors (Lipinski definition) is 11. The Morgan fingerprint density at radius 1 is 0.707 bits per heavy atom. The van der Waals surface area contributed by atoms with Gasteiger partial charge in [0.2, 0.25) is 0 Å². The molecule has 16 heteroatoms. The van der Waals surface area contributed by atoms with E-state index in [1.54, 1.807) is 12.1 Å². The van der Waals surface area contributed by atoms with E-state index in [1.807, 2.05) is 19.1 Å². The summed E-state index contributed by atoms with van der Waals surface area (Å²) in [5.41, 5.74) is 13.2. The van der Waals surface area contributed by atoms with Crippen molar-refractivity contribution in [3.63, 3.8) is 0 Å². The molecule has 6 unspecified atom stereocenters. The van der Waals surface area contributed by atoms with Crippen LogP contribution in [0.4, 0.5) is 5.69 Å². The Morgan fingerprint density at radius 2 is 1.27 bits per heavy atom. The fourth-order valence-electron chi connectivity index (χ4n) is 5.22. The SMILES string of the molecule is Cc1ccccc1NC1[C@H](OC2C(O)C(N)C(O)O[C@@H]2CO)O[C@H](CO)C(O[C@@H]2O[C@H](CO)[C@@H](O)[C@H](O)[C@H]2N)[C@@H]1O. The lowest BCUT2D eigenvalue weighted by atomic mass is 9.93. The normalized spacial score (nSPS) is 45.4. The molecule has 0 aromatic heterocycles. The fourth-order valence-corrected chi connectivity index (χ4v) is 5.22. The molecule has 4 rings (SSSR count). The van der Waals surface area contributed by atoms with Gasteiger partial charge in [-0.25, -0.2) is 0 Å². The van der Waals surface area contributed by atoms with Crippen LogP contribution in [0.5, 0.6) is 0 Å². The van der Waals surface area contributed by atoms with Crippen molar-refractivity contribution in [3.8, 4) is 0 Å². The van der Waals surface area contributed by atoms with Gasteiger partial charge in [0.15, 0.2) is 18.9 Å². The van der Waals surface area contributed by atoms with Crippen molar-refractivity contribution in [1.82, 2.24) is 0 Å². The minimum absolute atomic E-state index is 0.575. The molecule has 234 valence electrons. The zero-order valence-corrected chi connectivity index (χ0v) is 22.4. The summed E-state index contributed by atoms with van der Waals surface area (Å²) in [6.07, 6.45) is -16.8. The minimum Gasteiger partial charge on any atom is -0.394 e. The van der Waals surface area contributed by atoms with E-state index in [0.29, 0.717) is 5.69 Å². The van der Waals surface area contributed by atoms with Crippen LogP contribution in [0.1, 0.15) is 5.56 Å². The predicted molar refractivity (Wildman–Crippen MR) is 138 cm³/mol. The third kappa shape index (κ3) is 6.67. The average molecular weight is 592 g/mol. The van der Waals surface area contributed by atoms with Gasteiger partial charge in [0.1, 0.15) is 61.0 Å². The predicted octanol–water partition coefficient (Wildman–Crippen LogP) is -5.21. The van der Waals surface area contributed by atoms with Crippen LogP contribution in [0.15, 0.2) is 24.3 Å². The first-order valence-corrected chi connectivity index (χ1v) is 13.4. The quantitative estimate of drug-likeness (QED) is 0.128. The molecule has 1 aromatic carbocycles. The summed E-state index contributed by atoms with van der Waals surface area (Å²) in [5.74, 6) is 0. The second-order valence-corrected chi connectivity index (χ2v) is 10.5. The zero-order valence-electron chi connectivity index (χ0n) is 22.4. The second-order valence-electron chi connectivity index (χ2n) is 10.5.